The molecule has 0 fully saturated rings. The minimum Gasteiger partial charge on any atom is -0.352 e. The summed E-state index contributed by atoms with van der Waals surface area (Å²) in [5.41, 5.74) is 1.93. The van der Waals surface area contributed by atoms with Gasteiger partial charge in [0.2, 0.25) is 11.8 Å². The van der Waals surface area contributed by atoms with Crippen molar-refractivity contribution in [3.05, 3.63) is 94.0 Å². The maximum absolute atomic E-state index is 14.0. The van der Waals surface area contributed by atoms with Crippen molar-refractivity contribution in [3.63, 3.8) is 0 Å². The van der Waals surface area contributed by atoms with E-state index in [2.05, 4.69) is 5.32 Å². The van der Waals surface area contributed by atoms with E-state index in [1.54, 1.807) is 18.2 Å². The third kappa shape index (κ3) is 7.75. The summed E-state index contributed by atoms with van der Waals surface area (Å²) in [5.74, 6) is -0.858. The van der Waals surface area contributed by atoms with Crippen LogP contribution in [0.15, 0.2) is 77.7 Å². The van der Waals surface area contributed by atoms with Gasteiger partial charge in [0.25, 0.3) is 10.0 Å². The fourth-order valence-electron chi connectivity index (χ4n) is 4.22. The number of aryl methyl sites for hydroxylation is 1. The van der Waals surface area contributed by atoms with Gasteiger partial charge in [0.1, 0.15) is 12.6 Å². The zero-order chi connectivity index (χ0) is 28.7. The highest BCUT2D eigenvalue weighted by Crippen LogP contribution is 2.33. The van der Waals surface area contributed by atoms with Crippen LogP contribution in [0.4, 0.5) is 5.69 Å². The number of carbonyl (C=O) groups excluding carboxylic acids is 2. The molecule has 0 bridgehead atoms. The summed E-state index contributed by atoms with van der Waals surface area (Å²) in [4.78, 5) is 28.6. The maximum atomic E-state index is 14.0. The van der Waals surface area contributed by atoms with Crippen molar-refractivity contribution < 1.29 is 18.0 Å². The first-order chi connectivity index (χ1) is 18.4. The Balaban J connectivity index is 2.09. The zero-order valence-corrected chi connectivity index (χ0v) is 24.7. The van der Waals surface area contributed by atoms with Crippen LogP contribution in [0.5, 0.6) is 0 Å². The first-order valence-corrected chi connectivity index (χ1v) is 14.8. The largest absolute Gasteiger partial charge is 0.352 e. The molecule has 7 nitrogen and oxygen atoms in total. The van der Waals surface area contributed by atoms with Gasteiger partial charge >= 0.3 is 0 Å². The molecule has 1 atom stereocenters. The van der Waals surface area contributed by atoms with Gasteiger partial charge in [-0.1, -0.05) is 78.2 Å². The molecule has 0 aliphatic heterocycles. The number of hydrogen-bond acceptors (Lipinski definition) is 4. The summed E-state index contributed by atoms with van der Waals surface area (Å²) in [6.45, 7) is 6.99. The van der Waals surface area contributed by atoms with Gasteiger partial charge in [-0.15, -0.1) is 0 Å². The fourth-order valence-corrected chi connectivity index (χ4v) is 6.24. The highest BCUT2D eigenvalue weighted by Gasteiger charge is 2.34. The number of sulfonamides is 1. The summed E-state index contributed by atoms with van der Waals surface area (Å²) in [6.07, 6.45) is 0.337. The van der Waals surface area contributed by atoms with Crippen LogP contribution in [0.3, 0.4) is 0 Å². The third-order valence-electron chi connectivity index (χ3n) is 6.04. The SMILES string of the molecule is CC[C@H](C(=O)NC(C)C)N(Cc1cccc(C)c1)C(=O)CN(c1ccc(Cl)cc1Cl)S(=O)(=O)c1ccccc1. The number of hydrogen-bond donors (Lipinski definition) is 1. The molecule has 10 heteroatoms. The molecule has 2 amide bonds. The van der Waals surface area contributed by atoms with E-state index >= 15 is 0 Å². The highest BCUT2D eigenvalue weighted by molar-refractivity contribution is 7.92. The van der Waals surface area contributed by atoms with E-state index in [0.29, 0.717) is 11.4 Å². The van der Waals surface area contributed by atoms with Crippen LogP contribution in [0.1, 0.15) is 38.3 Å². The summed E-state index contributed by atoms with van der Waals surface area (Å²) in [7, 11) is -4.21. The van der Waals surface area contributed by atoms with Crippen LogP contribution in [0, 0.1) is 6.92 Å². The molecule has 208 valence electrons. The van der Waals surface area contributed by atoms with Crippen LogP contribution in [-0.2, 0) is 26.2 Å². The zero-order valence-electron chi connectivity index (χ0n) is 22.4. The standard InChI is InChI=1S/C29H33Cl2N3O4S/c1-5-26(29(36)32-20(2)3)33(18-22-11-9-10-21(4)16-22)28(35)19-34(27-15-14-23(30)17-25(27)31)39(37,38)24-12-7-6-8-13-24/h6-17,20,26H,5,18-19H2,1-4H3,(H,32,36)/t26-/m1/s1. The Kier molecular flexibility index (Phi) is 10.4. The van der Waals surface area contributed by atoms with Crippen LogP contribution in [0.25, 0.3) is 0 Å². The number of carbonyl (C=O) groups is 2. The molecular formula is C29H33Cl2N3O4S. The predicted molar refractivity (Wildman–Crippen MR) is 157 cm³/mol. The normalized spacial score (nSPS) is 12.2. The molecule has 0 aromatic heterocycles. The van der Waals surface area contributed by atoms with Crippen molar-refractivity contribution in [1.82, 2.24) is 10.2 Å². The monoisotopic (exact) mass is 589 g/mol. The van der Waals surface area contributed by atoms with Crippen molar-refractivity contribution in [2.45, 2.75) is 57.6 Å². The number of amides is 2. The second-order valence-electron chi connectivity index (χ2n) is 9.52. The number of benzene rings is 3. The van der Waals surface area contributed by atoms with E-state index in [-0.39, 0.29) is 34.1 Å². The minimum atomic E-state index is -4.21. The summed E-state index contributed by atoms with van der Waals surface area (Å²) >= 11 is 12.5. The molecule has 0 aliphatic carbocycles. The number of anilines is 1. The van der Waals surface area contributed by atoms with E-state index in [0.717, 1.165) is 15.4 Å². The molecule has 0 unspecified atom stereocenters. The summed E-state index contributed by atoms with van der Waals surface area (Å²) in [6, 6.07) is 18.9. The highest BCUT2D eigenvalue weighted by atomic mass is 35.5. The van der Waals surface area contributed by atoms with E-state index < -0.39 is 28.5 Å². The number of rotatable bonds is 11. The van der Waals surface area contributed by atoms with Crippen LogP contribution >= 0.6 is 23.2 Å². The lowest BCUT2D eigenvalue weighted by atomic mass is 10.1. The Morgan fingerprint density at radius 3 is 2.23 bits per heavy atom. The quantitative estimate of drug-likeness (QED) is 0.305. The Morgan fingerprint density at radius 2 is 1.64 bits per heavy atom. The average Bonchev–Trinajstić information content (AvgIpc) is 2.87. The van der Waals surface area contributed by atoms with Crippen LogP contribution < -0.4 is 9.62 Å². The lowest BCUT2D eigenvalue weighted by molar-refractivity contribution is -0.140. The third-order valence-corrected chi connectivity index (χ3v) is 8.35. The number of nitrogens with zero attached hydrogens (tertiary/aromatic N) is 2. The van der Waals surface area contributed by atoms with Gasteiger partial charge in [0.15, 0.2) is 0 Å². The smallest absolute Gasteiger partial charge is 0.264 e. The van der Waals surface area contributed by atoms with Gasteiger partial charge in [-0.3, -0.25) is 13.9 Å². The minimum absolute atomic E-state index is 0.00126. The summed E-state index contributed by atoms with van der Waals surface area (Å²) < 4.78 is 28.6. The lowest BCUT2D eigenvalue weighted by Crippen LogP contribution is -2.53. The Bertz CT molecular complexity index is 1420. The molecule has 0 radical (unpaired) electrons. The Hall–Kier alpha value is -3.07. The van der Waals surface area contributed by atoms with Crippen molar-refractivity contribution in [2.75, 3.05) is 10.8 Å². The van der Waals surface area contributed by atoms with Gasteiger partial charge in [0, 0.05) is 17.6 Å². The van der Waals surface area contributed by atoms with Crippen LogP contribution in [0.2, 0.25) is 10.0 Å². The van der Waals surface area contributed by atoms with E-state index in [9.17, 15) is 18.0 Å². The van der Waals surface area contributed by atoms with Gasteiger partial charge in [-0.2, -0.15) is 0 Å². The van der Waals surface area contributed by atoms with Gasteiger partial charge in [0.05, 0.1) is 15.6 Å². The predicted octanol–water partition coefficient (Wildman–Crippen LogP) is 5.83. The molecular weight excluding hydrogens is 557 g/mol. The molecule has 0 spiro atoms. The first kappa shape index (κ1) is 30.5. The van der Waals surface area contributed by atoms with Gasteiger partial charge in [-0.05, 0) is 63.1 Å². The molecule has 0 aliphatic rings. The molecule has 3 aromatic carbocycles. The van der Waals surface area contributed by atoms with Crippen LogP contribution in [-0.4, -0.2) is 43.8 Å². The second kappa shape index (κ2) is 13.3. The topological polar surface area (TPSA) is 86.8 Å². The number of nitrogens with one attached hydrogen (secondary N) is 1. The molecule has 1 N–H and O–H groups in total. The van der Waals surface area contributed by atoms with Crippen molar-refractivity contribution >= 4 is 50.7 Å². The fraction of sp³-hybridized carbons (Fsp3) is 0.310. The molecule has 3 aromatic rings. The van der Waals surface area contributed by atoms with E-state index in [4.69, 9.17) is 23.2 Å². The van der Waals surface area contributed by atoms with E-state index in [1.165, 1.54) is 35.2 Å². The number of halogens is 2. The Morgan fingerprint density at radius 1 is 0.949 bits per heavy atom. The maximum Gasteiger partial charge on any atom is 0.264 e. The van der Waals surface area contributed by atoms with Crippen molar-refractivity contribution in [3.8, 4) is 0 Å². The molecule has 0 saturated heterocycles. The summed E-state index contributed by atoms with van der Waals surface area (Å²) in [5, 5.41) is 3.28. The molecule has 0 heterocycles. The molecule has 3 rings (SSSR count). The van der Waals surface area contributed by atoms with Crippen molar-refractivity contribution in [2.24, 2.45) is 0 Å². The molecule has 0 saturated carbocycles. The van der Waals surface area contributed by atoms with Gasteiger partial charge < -0.3 is 10.2 Å². The molecule has 39 heavy (non-hydrogen) atoms. The van der Waals surface area contributed by atoms with Gasteiger partial charge in [-0.25, -0.2) is 8.42 Å². The first-order valence-electron chi connectivity index (χ1n) is 12.6. The van der Waals surface area contributed by atoms with Crippen molar-refractivity contribution in [1.29, 1.82) is 0 Å². The Labute approximate surface area is 240 Å². The second-order valence-corrected chi connectivity index (χ2v) is 12.2. The lowest BCUT2D eigenvalue weighted by Gasteiger charge is -2.33. The average molecular weight is 591 g/mol. The van der Waals surface area contributed by atoms with E-state index in [1.807, 2.05) is 52.0 Å².